The van der Waals surface area contributed by atoms with Crippen LogP contribution in [0.25, 0.3) is 11.1 Å². The summed E-state index contributed by atoms with van der Waals surface area (Å²) in [4.78, 5) is 11.9. The molecule has 0 saturated carbocycles. The molecule has 0 bridgehead atoms. The van der Waals surface area contributed by atoms with E-state index in [9.17, 15) is 13.2 Å². The van der Waals surface area contributed by atoms with Gasteiger partial charge in [0.05, 0.1) is 10.4 Å². The van der Waals surface area contributed by atoms with Crippen LogP contribution in [0.15, 0.2) is 55.0 Å². The van der Waals surface area contributed by atoms with Crippen molar-refractivity contribution in [3.63, 3.8) is 0 Å². The quantitative estimate of drug-likeness (QED) is 0.713. The standard InChI is InChI=1S/C16H15BrN2O4S/c1-3-19-13-7-10(2)15(9-14(13)23-16(19)20)24(21,22)18-12-6-4-5-11(17)8-12/h4-9,18H,3H2,1-2H3. The number of fused-ring (bicyclic) bond motifs is 1. The molecule has 0 atom stereocenters. The molecule has 0 unspecified atom stereocenters. The van der Waals surface area contributed by atoms with Gasteiger partial charge in [0, 0.05) is 22.8 Å². The van der Waals surface area contributed by atoms with Gasteiger partial charge in [-0.1, -0.05) is 22.0 Å². The van der Waals surface area contributed by atoms with Crippen LogP contribution >= 0.6 is 15.9 Å². The van der Waals surface area contributed by atoms with Gasteiger partial charge in [0.15, 0.2) is 5.58 Å². The number of aromatic nitrogens is 1. The molecule has 126 valence electrons. The molecule has 0 amide bonds. The van der Waals surface area contributed by atoms with E-state index in [1.54, 1.807) is 37.3 Å². The zero-order valence-corrected chi connectivity index (χ0v) is 15.4. The first-order chi connectivity index (χ1) is 11.3. The zero-order chi connectivity index (χ0) is 17.5. The Morgan fingerprint density at radius 1 is 1.25 bits per heavy atom. The first kappa shape index (κ1) is 16.8. The predicted octanol–water partition coefficient (Wildman–Crippen LogP) is 3.49. The molecule has 2 aromatic carbocycles. The van der Waals surface area contributed by atoms with Crippen molar-refractivity contribution < 1.29 is 12.8 Å². The summed E-state index contributed by atoms with van der Waals surface area (Å²) in [5.41, 5.74) is 1.81. The molecule has 1 N–H and O–H groups in total. The van der Waals surface area contributed by atoms with Gasteiger partial charge in [-0.05, 0) is 43.7 Å². The summed E-state index contributed by atoms with van der Waals surface area (Å²) in [6.45, 7) is 3.96. The fourth-order valence-corrected chi connectivity index (χ4v) is 4.24. The molecule has 1 heterocycles. The van der Waals surface area contributed by atoms with E-state index < -0.39 is 15.8 Å². The third kappa shape index (κ3) is 2.99. The molecular weight excluding hydrogens is 396 g/mol. The number of rotatable bonds is 4. The molecule has 8 heteroatoms. The van der Waals surface area contributed by atoms with Crippen LogP contribution in [0.4, 0.5) is 5.69 Å². The van der Waals surface area contributed by atoms with E-state index in [2.05, 4.69) is 20.7 Å². The number of sulfonamides is 1. The Bertz CT molecular complexity index is 1080. The number of halogens is 1. The minimum atomic E-state index is -3.80. The van der Waals surface area contributed by atoms with Crippen LogP contribution in [-0.2, 0) is 16.6 Å². The molecular formula is C16H15BrN2O4S. The zero-order valence-electron chi connectivity index (χ0n) is 13.0. The van der Waals surface area contributed by atoms with Gasteiger partial charge in [0.1, 0.15) is 0 Å². The van der Waals surface area contributed by atoms with Gasteiger partial charge in [0.2, 0.25) is 0 Å². The van der Waals surface area contributed by atoms with E-state index in [1.165, 1.54) is 10.6 Å². The molecule has 0 spiro atoms. The monoisotopic (exact) mass is 410 g/mol. The predicted molar refractivity (Wildman–Crippen MR) is 95.8 cm³/mol. The van der Waals surface area contributed by atoms with Crippen molar-refractivity contribution >= 4 is 42.7 Å². The number of aryl methyl sites for hydroxylation is 2. The molecule has 6 nitrogen and oxygen atoms in total. The van der Waals surface area contributed by atoms with Crippen LogP contribution in [0, 0.1) is 6.92 Å². The van der Waals surface area contributed by atoms with Crippen LogP contribution in [0.2, 0.25) is 0 Å². The fraction of sp³-hybridized carbons (Fsp3) is 0.188. The Kier molecular flexibility index (Phi) is 4.27. The van der Waals surface area contributed by atoms with Crippen molar-refractivity contribution in [1.82, 2.24) is 4.57 Å². The number of hydrogen-bond donors (Lipinski definition) is 1. The molecule has 24 heavy (non-hydrogen) atoms. The van der Waals surface area contributed by atoms with Gasteiger partial charge < -0.3 is 4.42 Å². The van der Waals surface area contributed by atoms with E-state index >= 15 is 0 Å². The first-order valence-electron chi connectivity index (χ1n) is 7.24. The Balaban J connectivity index is 2.11. The highest BCUT2D eigenvalue weighted by Crippen LogP contribution is 2.25. The average Bonchev–Trinajstić information content (AvgIpc) is 2.80. The van der Waals surface area contributed by atoms with Crippen molar-refractivity contribution in [2.24, 2.45) is 0 Å². The Morgan fingerprint density at radius 3 is 2.67 bits per heavy atom. The summed E-state index contributed by atoms with van der Waals surface area (Å²) in [7, 11) is -3.80. The Morgan fingerprint density at radius 2 is 2.00 bits per heavy atom. The van der Waals surface area contributed by atoms with Gasteiger partial charge in [-0.15, -0.1) is 0 Å². The van der Waals surface area contributed by atoms with Crippen LogP contribution in [-0.4, -0.2) is 13.0 Å². The minimum absolute atomic E-state index is 0.0759. The van der Waals surface area contributed by atoms with Crippen molar-refractivity contribution in [3.05, 3.63) is 57.0 Å². The maximum Gasteiger partial charge on any atom is 0.419 e. The van der Waals surface area contributed by atoms with Crippen molar-refractivity contribution in [3.8, 4) is 0 Å². The van der Waals surface area contributed by atoms with E-state index in [0.29, 0.717) is 23.3 Å². The number of nitrogens with zero attached hydrogens (tertiary/aromatic N) is 1. The summed E-state index contributed by atoms with van der Waals surface area (Å²) in [6, 6.07) is 9.90. The van der Waals surface area contributed by atoms with Crippen LogP contribution in [0.3, 0.4) is 0 Å². The summed E-state index contributed by atoms with van der Waals surface area (Å²) in [6.07, 6.45) is 0. The molecule has 0 saturated heterocycles. The summed E-state index contributed by atoms with van der Waals surface area (Å²) in [5.74, 6) is -0.499. The SMILES string of the molecule is CCn1c(=O)oc2cc(S(=O)(=O)Nc3cccc(Br)c3)c(C)cc21. The molecule has 3 aromatic rings. The van der Waals surface area contributed by atoms with Gasteiger partial charge >= 0.3 is 5.76 Å². The number of oxazole rings is 1. The third-order valence-electron chi connectivity index (χ3n) is 3.65. The smallest absolute Gasteiger partial charge is 0.408 e. The van der Waals surface area contributed by atoms with Gasteiger partial charge in [-0.2, -0.15) is 0 Å². The lowest BCUT2D eigenvalue weighted by Gasteiger charge is -2.11. The normalized spacial score (nSPS) is 11.8. The van der Waals surface area contributed by atoms with Crippen molar-refractivity contribution in [2.75, 3.05) is 4.72 Å². The van der Waals surface area contributed by atoms with E-state index in [0.717, 1.165) is 4.47 Å². The number of hydrogen-bond acceptors (Lipinski definition) is 4. The summed E-state index contributed by atoms with van der Waals surface area (Å²) >= 11 is 3.30. The molecule has 0 aliphatic heterocycles. The lowest BCUT2D eigenvalue weighted by Crippen LogP contribution is -2.14. The summed E-state index contributed by atoms with van der Waals surface area (Å²) in [5, 5.41) is 0. The highest BCUT2D eigenvalue weighted by molar-refractivity contribution is 9.10. The molecule has 0 fully saturated rings. The minimum Gasteiger partial charge on any atom is -0.408 e. The molecule has 0 radical (unpaired) electrons. The Labute approximate surface area is 147 Å². The highest BCUT2D eigenvalue weighted by Gasteiger charge is 2.20. The fourth-order valence-electron chi connectivity index (χ4n) is 2.55. The van der Waals surface area contributed by atoms with E-state index in [4.69, 9.17) is 4.42 Å². The average molecular weight is 411 g/mol. The second-order valence-electron chi connectivity index (χ2n) is 5.31. The summed E-state index contributed by atoms with van der Waals surface area (Å²) < 4.78 is 35.3. The second kappa shape index (κ2) is 6.10. The largest absolute Gasteiger partial charge is 0.419 e. The lowest BCUT2D eigenvalue weighted by atomic mass is 10.2. The van der Waals surface area contributed by atoms with E-state index in [1.807, 2.05) is 6.92 Å². The second-order valence-corrected chi connectivity index (χ2v) is 7.88. The molecule has 3 rings (SSSR count). The van der Waals surface area contributed by atoms with Crippen LogP contribution < -0.4 is 10.5 Å². The first-order valence-corrected chi connectivity index (χ1v) is 9.52. The van der Waals surface area contributed by atoms with Gasteiger partial charge in [0.25, 0.3) is 10.0 Å². The molecule has 0 aliphatic rings. The number of benzene rings is 2. The van der Waals surface area contributed by atoms with Gasteiger partial charge in [-0.3, -0.25) is 9.29 Å². The molecule has 0 aliphatic carbocycles. The van der Waals surface area contributed by atoms with Crippen LogP contribution in [0.5, 0.6) is 0 Å². The highest BCUT2D eigenvalue weighted by atomic mass is 79.9. The van der Waals surface area contributed by atoms with Gasteiger partial charge in [-0.25, -0.2) is 13.2 Å². The Hall–Kier alpha value is -2.06. The maximum absolute atomic E-state index is 12.7. The number of nitrogens with one attached hydrogen (secondary N) is 1. The lowest BCUT2D eigenvalue weighted by molar-refractivity contribution is 0.512. The number of anilines is 1. The molecule has 1 aromatic heterocycles. The third-order valence-corrected chi connectivity index (χ3v) is 5.66. The topological polar surface area (TPSA) is 81.3 Å². The van der Waals surface area contributed by atoms with Crippen LogP contribution in [0.1, 0.15) is 12.5 Å². The van der Waals surface area contributed by atoms with Crippen molar-refractivity contribution in [1.29, 1.82) is 0 Å². The van der Waals surface area contributed by atoms with Crippen molar-refractivity contribution in [2.45, 2.75) is 25.3 Å². The van der Waals surface area contributed by atoms with E-state index in [-0.39, 0.29) is 10.5 Å². The maximum atomic E-state index is 12.7.